The lowest BCUT2D eigenvalue weighted by Crippen LogP contribution is -2.60. The number of aryl methyl sites for hydroxylation is 1. The Hall–Kier alpha value is -3.50. The zero-order valence-electron chi connectivity index (χ0n) is 35.0. The van der Waals surface area contributed by atoms with Crippen molar-refractivity contribution in [1.82, 2.24) is 24.3 Å². The molecule has 5 rings (SSSR count). The van der Waals surface area contributed by atoms with Crippen LogP contribution in [0.1, 0.15) is 87.5 Å². The fraction of sp³-hybridized carbons (Fsp3) is 0.756. The average Bonchev–Trinajstić information content (AvgIpc) is 3.70. The van der Waals surface area contributed by atoms with E-state index in [0.717, 1.165) is 11.2 Å². The zero-order chi connectivity index (χ0) is 41.3. The zero-order valence-corrected chi connectivity index (χ0v) is 35.0. The number of hydrogen-bond acceptors (Lipinski definition) is 13. The number of carbonyl (C=O) groups excluding carboxylic acids is 4. The van der Waals surface area contributed by atoms with Gasteiger partial charge in [0.05, 0.1) is 30.2 Å². The fourth-order valence-electron chi connectivity index (χ4n) is 9.33. The third-order valence-corrected chi connectivity index (χ3v) is 12.6. The van der Waals surface area contributed by atoms with Gasteiger partial charge in [-0.05, 0) is 86.0 Å². The number of unbranched alkanes of at least 4 members (excludes halogenated alkanes) is 1. The summed E-state index contributed by atoms with van der Waals surface area (Å²) >= 11 is 0. The molecule has 5 heterocycles. The first-order valence-electron chi connectivity index (χ1n) is 20.1. The van der Waals surface area contributed by atoms with Gasteiger partial charge in [0.2, 0.25) is 0 Å². The van der Waals surface area contributed by atoms with Crippen LogP contribution in [0.2, 0.25) is 0 Å². The number of ketones is 2. The van der Waals surface area contributed by atoms with Crippen molar-refractivity contribution in [1.29, 1.82) is 0 Å². The Morgan fingerprint density at radius 2 is 1.70 bits per heavy atom. The predicted octanol–water partition coefficient (Wildman–Crippen LogP) is 4.42. The van der Waals surface area contributed by atoms with Gasteiger partial charge in [-0.2, -0.15) is 0 Å². The van der Waals surface area contributed by atoms with Gasteiger partial charge in [-0.1, -0.05) is 27.7 Å². The molecule has 0 unspecified atom stereocenters. The molecule has 3 aliphatic heterocycles. The Labute approximate surface area is 330 Å². The first-order chi connectivity index (χ1) is 26.4. The number of cyclic esters (lactones) is 1. The first-order valence-corrected chi connectivity index (χ1v) is 20.1. The van der Waals surface area contributed by atoms with E-state index in [4.69, 9.17) is 23.7 Å². The van der Waals surface area contributed by atoms with E-state index in [1.807, 2.05) is 56.5 Å². The molecule has 312 valence electrons. The van der Waals surface area contributed by atoms with E-state index >= 15 is 0 Å². The average molecular weight is 786 g/mol. The quantitative estimate of drug-likeness (QED) is 0.204. The van der Waals surface area contributed by atoms with Crippen molar-refractivity contribution in [2.45, 2.75) is 148 Å². The van der Waals surface area contributed by atoms with Gasteiger partial charge < -0.3 is 43.2 Å². The van der Waals surface area contributed by atoms with Crippen LogP contribution in [-0.4, -0.2) is 135 Å². The molecule has 56 heavy (non-hydrogen) atoms. The molecule has 0 radical (unpaired) electrons. The van der Waals surface area contributed by atoms with Crippen LogP contribution in [0.25, 0.3) is 11.2 Å². The number of carbonyl (C=O) groups is 4. The van der Waals surface area contributed by atoms with E-state index in [1.54, 1.807) is 45.1 Å². The van der Waals surface area contributed by atoms with Gasteiger partial charge in [0, 0.05) is 50.2 Å². The molecule has 1 N–H and O–H groups in total. The number of aliphatic hydroxyl groups is 1. The number of Topliss-reactive ketones (excluding diaryl/α,β-unsaturated/α-hetero) is 2. The number of ether oxygens (including phenoxy) is 5. The molecule has 0 aromatic carbocycles. The number of rotatable bonds is 10. The van der Waals surface area contributed by atoms with E-state index < -0.39 is 83.4 Å². The monoisotopic (exact) mass is 785 g/mol. The molecule has 0 aliphatic carbocycles. The molecule has 15 heteroatoms. The number of likely N-dealkylation sites (N-methyl/N-ethyl adjacent to an activating group) is 1. The summed E-state index contributed by atoms with van der Waals surface area (Å²) in [5.41, 5.74) is -1.09. The van der Waals surface area contributed by atoms with Crippen molar-refractivity contribution in [3.8, 4) is 0 Å². The first kappa shape index (κ1) is 43.6. The second-order valence-electron chi connectivity index (χ2n) is 16.9. The van der Waals surface area contributed by atoms with Crippen molar-refractivity contribution in [3.05, 3.63) is 24.7 Å². The molecule has 3 saturated heterocycles. The number of fused-ring (bicyclic) bond motifs is 2. The molecule has 15 nitrogen and oxygen atoms in total. The van der Waals surface area contributed by atoms with Gasteiger partial charge in [-0.25, -0.2) is 14.8 Å². The number of aromatic nitrogens is 3. The smallest absolute Gasteiger partial charge is 0.410 e. The minimum Gasteiger partial charge on any atom is -0.458 e. The molecule has 2 aromatic rings. The molecule has 3 fully saturated rings. The van der Waals surface area contributed by atoms with Crippen molar-refractivity contribution in [2.24, 2.45) is 23.7 Å². The molecule has 2 aromatic heterocycles. The number of pyridine rings is 1. The Balaban J connectivity index is 1.46. The van der Waals surface area contributed by atoms with Crippen LogP contribution in [0.3, 0.4) is 0 Å². The number of aliphatic hydroxyl groups excluding tert-OH is 1. The normalized spacial score (nSPS) is 37.7. The fourth-order valence-corrected chi connectivity index (χ4v) is 9.33. The predicted molar refractivity (Wildman–Crippen MR) is 206 cm³/mol. The minimum absolute atomic E-state index is 0.131. The highest BCUT2D eigenvalue weighted by atomic mass is 16.7. The Morgan fingerprint density at radius 3 is 2.36 bits per heavy atom. The number of imidazole rings is 1. The molecule has 0 spiro atoms. The van der Waals surface area contributed by atoms with Crippen LogP contribution in [0, 0.1) is 23.7 Å². The van der Waals surface area contributed by atoms with Crippen molar-refractivity contribution in [2.75, 3.05) is 27.7 Å². The van der Waals surface area contributed by atoms with Gasteiger partial charge >= 0.3 is 12.1 Å². The summed E-state index contributed by atoms with van der Waals surface area (Å²) in [6, 6.07) is 2.67. The summed E-state index contributed by atoms with van der Waals surface area (Å²) in [5, 5.41) is 11.4. The number of esters is 1. The van der Waals surface area contributed by atoms with Crippen LogP contribution in [0.4, 0.5) is 4.79 Å². The third-order valence-electron chi connectivity index (χ3n) is 12.6. The van der Waals surface area contributed by atoms with Crippen molar-refractivity contribution < 1.29 is 48.0 Å². The van der Waals surface area contributed by atoms with Crippen LogP contribution in [0.15, 0.2) is 24.7 Å². The van der Waals surface area contributed by atoms with Crippen LogP contribution < -0.4 is 0 Å². The summed E-state index contributed by atoms with van der Waals surface area (Å²) in [6.07, 6.45) is 0.710. The van der Waals surface area contributed by atoms with Gasteiger partial charge in [0.15, 0.2) is 23.3 Å². The second-order valence-corrected chi connectivity index (χ2v) is 16.9. The second kappa shape index (κ2) is 17.6. The molecule has 0 saturated carbocycles. The van der Waals surface area contributed by atoms with Gasteiger partial charge in [-0.15, -0.1) is 0 Å². The Bertz CT molecular complexity index is 1720. The molecule has 13 atom stereocenters. The molecule has 3 aliphatic rings. The lowest BCUT2D eigenvalue weighted by atomic mass is 9.73. The molecule has 1 amide bonds. The van der Waals surface area contributed by atoms with E-state index in [2.05, 4.69) is 9.97 Å². The van der Waals surface area contributed by atoms with Crippen molar-refractivity contribution >= 4 is 34.8 Å². The molecular formula is C41H63N5O10. The third kappa shape index (κ3) is 8.52. The summed E-state index contributed by atoms with van der Waals surface area (Å²) < 4.78 is 33.1. The molecular weight excluding hydrogens is 722 g/mol. The van der Waals surface area contributed by atoms with Gasteiger partial charge in [-0.3, -0.25) is 14.4 Å². The number of amides is 1. The van der Waals surface area contributed by atoms with E-state index in [-0.39, 0.29) is 30.8 Å². The maximum Gasteiger partial charge on any atom is 0.410 e. The van der Waals surface area contributed by atoms with Gasteiger partial charge in [0.25, 0.3) is 0 Å². The summed E-state index contributed by atoms with van der Waals surface area (Å²) in [7, 11) is 5.24. The highest BCUT2D eigenvalue weighted by Crippen LogP contribution is 2.43. The van der Waals surface area contributed by atoms with Crippen molar-refractivity contribution in [3.63, 3.8) is 0 Å². The molecule has 0 bridgehead atoms. The topological polar surface area (TPSA) is 172 Å². The highest BCUT2D eigenvalue weighted by molar-refractivity contribution is 6.00. The number of methoxy groups -OCH3 is 1. The van der Waals surface area contributed by atoms with Crippen LogP contribution in [-0.2, 0) is 44.6 Å². The van der Waals surface area contributed by atoms with E-state index in [0.29, 0.717) is 32.4 Å². The minimum atomic E-state index is -1.40. The largest absolute Gasteiger partial charge is 0.458 e. The lowest BCUT2D eigenvalue weighted by Gasteiger charge is -2.47. The maximum absolute atomic E-state index is 14.7. The van der Waals surface area contributed by atoms with E-state index in [1.165, 1.54) is 14.0 Å². The maximum atomic E-state index is 14.7. The lowest BCUT2D eigenvalue weighted by molar-refractivity contribution is -0.295. The van der Waals surface area contributed by atoms with Crippen LogP contribution in [0.5, 0.6) is 0 Å². The summed E-state index contributed by atoms with van der Waals surface area (Å²) in [4.78, 5) is 69.1. The Morgan fingerprint density at radius 1 is 1.00 bits per heavy atom. The standard InChI is InChI=1S/C41H63N5O10/c1-12-30-41(8)34(46(39(51)56-41)19-14-13-18-45-22-43-28-16-15-17-42-36(28)45)25(4)31(47)23(2)21-40(7,52-11)35(26(5)32(48)27(6)37(50)54-30)55-38-33(49)29(44(9)10)20-24(3)53-38/h15-17,22-27,29-30,33-35,38,49H,12-14,18-21H2,1-11H3/t23-,24-,25-,26+,27-,29+,30-,33-,34+,35-,38+,40-,41-/m1/s1. The highest BCUT2D eigenvalue weighted by Gasteiger charge is 2.60. The Kier molecular flexibility index (Phi) is 13.7. The number of nitrogens with zero attached hydrogens (tertiary/aromatic N) is 5. The van der Waals surface area contributed by atoms with E-state index in [9.17, 15) is 24.3 Å². The summed E-state index contributed by atoms with van der Waals surface area (Å²) in [5.74, 6) is -4.94. The van der Waals surface area contributed by atoms with Crippen LogP contribution >= 0.6 is 0 Å². The summed E-state index contributed by atoms with van der Waals surface area (Å²) in [6.45, 7) is 14.9. The number of hydrogen-bond donors (Lipinski definition) is 1. The SMILES string of the molecule is CC[C@H]1OC(=O)[C@H](C)C(=O)[C@H](C)[C@@H](O[C@@H]2O[C@H](C)C[C@H](N(C)C)[C@H]2O)[C@](C)(OC)C[C@@H](C)C(=O)[C@@H](C)[C@@H]2N(CCCCn3cnc4cccnc43)C(=O)O[C@@]21C. The van der Waals surface area contributed by atoms with Gasteiger partial charge in [0.1, 0.15) is 29.4 Å².